The summed E-state index contributed by atoms with van der Waals surface area (Å²) < 4.78 is 7.73. The van der Waals surface area contributed by atoms with E-state index in [4.69, 9.17) is 19.7 Å². The highest BCUT2D eigenvalue weighted by Crippen LogP contribution is 2.30. The molecule has 2 aromatic carbocycles. The Balaban J connectivity index is 1.26. The number of aromatic nitrogens is 4. The van der Waals surface area contributed by atoms with Crippen LogP contribution in [-0.4, -0.2) is 70.0 Å². The monoisotopic (exact) mass is 482 g/mol. The Morgan fingerprint density at radius 2 is 1.89 bits per heavy atom. The zero-order valence-corrected chi connectivity index (χ0v) is 20.4. The van der Waals surface area contributed by atoms with Crippen LogP contribution in [0.5, 0.6) is 0 Å². The number of morpholine rings is 1. The Morgan fingerprint density at radius 3 is 2.69 bits per heavy atom. The Kier molecular flexibility index (Phi) is 6.31. The summed E-state index contributed by atoms with van der Waals surface area (Å²) in [5.74, 6) is 1.30. The van der Waals surface area contributed by atoms with Crippen LogP contribution >= 0.6 is 0 Å². The van der Waals surface area contributed by atoms with Crippen molar-refractivity contribution in [2.45, 2.75) is 19.5 Å². The largest absolute Gasteiger partial charge is 0.378 e. The van der Waals surface area contributed by atoms with Gasteiger partial charge in [0, 0.05) is 32.7 Å². The number of hydrogen-bond donors (Lipinski definition) is 1. The second-order valence-corrected chi connectivity index (χ2v) is 9.41. The molecule has 0 bridgehead atoms. The number of nitrogens with one attached hydrogen (secondary N) is 1. The molecular formula is C27H30N8O. The van der Waals surface area contributed by atoms with E-state index in [0.717, 1.165) is 49.5 Å². The Hall–Kier alpha value is -3.82. The zero-order chi connectivity index (χ0) is 24.3. The van der Waals surface area contributed by atoms with Crippen molar-refractivity contribution < 1.29 is 4.74 Å². The molecule has 0 spiro atoms. The van der Waals surface area contributed by atoms with Gasteiger partial charge in [0.25, 0.3) is 0 Å². The lowest BCUT2D eigenvalue weighted by Gasteiger charge is -2.40. The van der Waals surface area contributed by atoms with E-state index in [0.29, 0.717) is 31.0 Å². The van der Waals surface area contributed by atoms with Gasteiger partial charge in [-0.1, -0.05) is 60.2 Å². The highest BCUT2D eigenvalue weighted by atomic mass is 16.5. The molecule has 0 atom stereocenters. The van der Waals surface area contributed by atoms with E-state index < -0.39 is 0 Å². The molecule has 0 amide bonds. The highest BCUT2D eigenvalue weighted by molar-refractivity contribution is 5.86. The minimum absolute atomic E-state index is 0.329. The predicted molar refractivity (Wildman–Crippen MR) is 142 cm³/mol. The molecule has 2 aliphatic heterocycles. The van der Waals surface area contributed by atoms with Gasteiger partial charge in [0.15, 0.2) is 17.0 Å². The molecule has 9 heteroatoms. The lowest BCUT2D eigenvalue weighted by atomic mass is 10.1. The molecule has 184 valence electrons. The fraction of sp³-hybridized carbons (Fsp3) is 0.333. The average molecular weight is 483 g/mol. The number of likely N-dealkylation sites (tertiary alicyclic amines) is 1. The van der Waals surface area contributed by atoms with Crippen LogP contribution in [0.25, 0.3) is 11.2 Å². The van der Waals surface area contributed by atoms with E-state index in [9.17, 15) is 0 Å². The molecule has 2 saturated heterocycles. The fourth-order valence-corrected chi connectivity index (χ4v) is 4.76. The molecule has 2 fully saturated rings. The molecule has 0 aliphatic carbocycles. The normalized spacial score (nSPS) is 17.1. The van der Waals surface area contributed by atoms with Crippen LogP contribution in [0, 0.1) is 6.92 Å². The van der Waals surface area contributed by atoms with Crippen LogP contribution in [0.15, 0.2) is 66.0 Å². The maximum atomic E-state index is 5.54. The lowest BCUT2D eigenvalue weighted by Crippen LogP contribution is -2.46. The van der Waals surface area contributed by atoms with Crippen LogP contribution in [0.1, 0.15) is 22.7 Å². The zero-order valence-electron chi connectivity index (χ0n) is 20.4. The summed E-state index contributed by atoms with van der Waals surface area (Å²) in [6, 6.07) is 19.1. The molecule has 4 heterocycles. The summed E-state index contributed by atoms with van der Waals surface area (Å²) in [6.45, 7) is 7.83. The fourth-order valence-electron chi connectivity index (χ4n) is 4.76. The topological polar surface area (TPSA) is 83.7 Å². The van der Waals surface area contributed by atoms with Crippen LogP contribution in [0.2, 0.25) is 0 Å². The van der Waals surface area contributed by atoms with Gasteiger partial charge in [-0.2, -0.15) is 15.1 Å². The smallest absolute Gasteiger partial charge is 0.229 e. The maximum Gasteiger partial charge on any atom is 0.229 e. The highest BCUT2D eigenvalue weighted by Gasteiger charge is 2.30. The molecule has 36 heavy (non-hydrogen) atoms. The molecule has 2 aliphatic rings. The number of hydrazone groups is 1. The van der Waals surface area contributed by atoms with E-state index in [1.807, 2.05) is 18.5 Å². The molecule has 0 radical (unpaired) electrons. The van der Waals surface area contributed by atoms with Crippen molar-refractivity contribution in [3.8, 4) is 0 Å². The van der Waals surface area contributed by atoms with Gasteiger partial charge in [0.1, 0.15) is 0 Å². The van der Waals surface area contributed by atoms with E-state index in [-0.39, 0.29) is 0 Å². The number of aryl methyl sites for hydroxylation is 1. The minimum atomic E-state index is 0.329. The number of ether oxygens (including phenoxy) is 1. The quantitative estimate of drug-likeness (QED) is 0.319. The van der Waals surface area contributed by atoms with Gasteiger partial charge in [-0.05, 0) is 18.1 Å². The number of rotatable bonds is 7. The maximum absolute atomic E-state index is 5.54. The first-order chi connectivity index (χ1) is 17.7. The van der Waals surface area contributed by atoms with Gasteiger partial charge in [0.2, 0.25) is 5.95 Å². The SMILES string of the molecule is Cc1cccc(C=NNc2nc(N3CCOCC3)nc3c2ncn3C2CN(Cc3ccccc3)C2)c1. The van der Waals surface area contributed by atoms with Crippen molar-refractivity contribution in [2.75, 3.05) is 49.7 Å². The number of imidazole rings is 1. The van der Waals surface area contributed by atoms with Crippen LogP contribution in [-0.2, 0) is 11.3 Å². The summed E-state index contributed by atoms with van der Waals surface area (Å²) >= 11 is 0. The Labute approximate surface area is 210 Å². The van der Waals surface area contributed by atoms with Gasteiger partial charge in [-0.25, -0.2) is 4.98 Å². The lowest BCUT2D eigenvalue weighted by molar-refractivity contribution is 0.101. The van der Waals surface area contributed by atoms with Crippen LogP contribution in [0.4, 0.5) is 11.8 Å². The van der Waals surface area contributed by atoms with Crippen molar-refractivity contribution in [1.29, 1.82) is 0 Å². The van der Waals surface area contributed by atoms with Crippen molar-refractivity contribution in [1.82, 2.24) is 24.4 Å². The van der Waals surface area contributed by atoms with E-state index in [1.165, 1.54) is 11.1 Å². The number of fused-ring (bicyclic) bond motifs is 1. The van der Waals surface area contributed by atoms with Gasteiger partial charge < -0.3 is 14.2 Å². The predicted octanol–water partition coefficient (Wildman–Crippen LogP) is 3.47. The second-order valence-electron chi connectivity index (χ2n) is 9.41. The van der Waals surface area contributed by atoms with E-state index in [2.05, 4.69) is 74.3 Å². The molecule has 9 nitrogen and oxygen atoms in total. The van der Waals surface area contributed by atoms with Crippen molar-refractivity contribution in [2.24, 2.45) is 5.10 Å². The Morgan fingerprint density at radius 1 is 1.06 bits per heavy atom. The van der Waals surface area contributed by atoms with Crippen molar-refractivity contribution in [3.05, 3.63) is 77.6 Å². The number of hydrogen-bond acceptors (Lipinski definition) is 8. The number of anilines is 2. The third-order valence-electron chi connectivity index (χ3n) is 6.71. The van der Waals surface area contributed by atoms with Crippen molar-refractivity contribution in [3.63, 3.8) is 0 Å². The third kappa shape index (κ3) is 4.80. The summed E-state index contributed by atoms with van der Waals surface area (Å²) in [6.07, 6.45) is 3.70. The van der Waals surface area contributed by atoms with Gasteiger partial charge in [-0.3, -0.25) is 10.3 Å². The van der Waals surface area contributed by atoms with Crippen molar-refractivity contribution >= 4 is 29.1 Å². The first kappa shape index (κ1) is 22.6. The summed E-state index contributed by atoms with van der Waals surface area (Å²) in [5.41, 5.74) is 8.26. The molecule has 4 aromatic rings. The summed E-state index contributed by atoms with van der Waals surface area (Å²) in [7, 11) is 0. The molecule has 0 unspecified atom stereocenters. The minimum Gasteiger partial charge on any atom is -0.378 e. The molecular weight excluding hydrogens is 452 g/mol. The Bertz CT molecular complexity index is 1360. The molecule has 6 rings (SSSR count). The second kappa shape index (κ2) is 10.0. The van der Waals surface area contributed by atoms with E-state index >= 15 is 0 Å². The van der Waals surface area contributed by atoms with Crippen LogP contribution in [0.3, 0.4) is 0 Å². The summed E-state index contributed by atoms with van der Waals surface area (Å²) in [5, 5.41) is 4.47. The third-order valence-corrected chi connectivity index (χ3v) is 6.71. The average Bonchev–Trinajstić information content (AvgIpc) is 3.31. The van der Waals surface area contributed by atoms with Gasteiger partial charge in [0.05, 0.1) is 31.8 Å². The summed E-state index contributed by atoms with van der Waals surface area (Å²) in [4.78, 5) is 19.1. The molecule has 2 aromatic heterocycles. The van der Waals surface area contributed by atoms with E-state index in [1.54, 1.807) is 6.21 Å². The van der Waals surface area contributed by atoms with Gasteiger partial charge >= 0.3 is 0 Å². The number of benzene rings is 2. The standard InChI is InChI=1S/C27H30N8O/c1-20-6-5-9-22(14-20)15-29-32-25-24-26(31-27(30-25)34-10-12-36-13-11-34)35(19-28-24)23-17-33(18-23)16-21-7-3-2-4-8-21/h2-9,14-15,19,23H,10-13,16-18H2,1H3,(H,30,31,32). The molecule has 0 saturated carbocycles. The van der Waals surface area contributed by atoms with Crippen LogP contribution < -0.4 is 10.3 Å². The molecule has 1 N–H and O–H groups in total. The first-order valence-electron chi connectivity index (χ1n) is 12.4. The van der Waals surface area contributed by atoms with Gasteiger partial charge in [-0.15, -0.1) is 0 Å². The number of nitrogens with zero attached hydrogens (tertiary/aromatic N) is 7. The first-order valence-corrected chi connectivity index (χ1v) is 12.4.